The molecular formula is C17H20N4O2S. The number of nitrogens with zero attached hydrogens (tertiary/aromatic N) is 4. The van der Waals surface area contributed by atoms with Crippen molar-refractivity contribution in [2.45, 2.75) is 26.1 Å². The standard InChI is InChI=1S/C17H20N4O2S/c1-13-16(19-17(23-13)14-3-8-24-12-14)11-20-6-7-22-15(9-20)10-21-5-2-4-18-21/h2-5,8,12,15H,6-7,9-11H2,1H3/t15-/m0/s1. The van der Waals surface area contributed by atoms with Gasteiger partial charge in [0.15, 0.2) is 0 Å². The molecule has 0 N–H and O–H groups in total. The molecule has 4 heterocycles. The van der Waals surface area contributed by atoms with E-state index in [1.165, 1.54) is 0 Å². The van der Waals surface area contributed by atoms with Gasteiger partial charge in [-0.05, 0) is 24.4 Å². The third-order valence-corrected chi connectivity index (χ3v) is 4.89. The Labute approximate surface area is 144 Å². The first-order valence-electron chi connectivity index (χ1n) is 8.08. The summed E-state index contributed by atoms with van der Waals surface area (Å²) in [4.78, 5) is 7.06. The second-order valence-electron chi connectivity index (χ2n) is 5.99. The van der Waals surface area contributed by atoms with Gasteiger partial charge in [0.2, 0.25) is 5.89 Å². The van der Waals surface area contributed by atoms with Crippen molar-refractivity contribution in [1.82, 2.24) is 19.7 Å². The van der Waals surface area contributed by atoms with Crippen molar-refractivity contribution in [2.75, 3.05) is 19.7 Å². The number of morpholine rings is 1. The largest absolute Gasteiger partial charge is 0.441 e. The summed E-state index contributed by atoms with van der Waals surface area (Å²) < 4.78 is 13.6. The topological polar surface area (TPSA) is 56.3 Å². The molecule has 0 amide bonds. The van der Waals surface area contributed by atoms with Crippen LogP contribution in [0, 0.1) is 6.92 Å². The van der Waals surface area contributed by atoms with Gasteiger partial charge in [-0.3, -0.25) is 9.58 Å². The maximum absolute atomic E-state index is 5.87. The average molecular weight is 344 g/mol. The zero-order chi connectivity index (χ0) is 16.4. The van der Waals surface area contributed by atoms with Crippen LogP contribution in [-0.4, -0.2) is 45.5 Å². The molecule has 0 aliphatic carbocycles. The molecule has 24 heavy (non-hydrogen) atoms. The molecule has 4 rings (SSSR count). The first-order valence-corrected chi connectivity index (χ1v) is 9.02. The van der Waals surface area contributed by atoms with E-state index in [-0.39, 0.29) is 6.10 Å². The van der Waals surface area contributed by atoms with Gasteiger partial charge < -0.3 is 9.15 Å². The molecular weight excluding hydrogens is 324 g/mol. The molecule has 6 nitrogen and oxygen atoms in total. The Hall–Kier alpha value is -1.96. The molecule has 0 unspecified atom stereocenters. The highest BCUT2D eigenvalue weighted by atomic mass is 32.1. The van der Waals surface area contributed by atoms with E-state index in [1.807, 2.05) is 35.3 Å². The Morgan fingerprint density at radius 1 is 1.42 bits per heavy atom. The van der Waals surface area contributed by atoms with Crippen LogP contribution in [0.2, 0.25) is 0 Å². The molecule has 1 saturated heterocycles. The fourth-order valence-electron chi connectivity index (χ4n) is 2.95. The lowest BCUT2D eigenvalue weighted by Gasteiger charge is -2.32. The Morgan fingerprint density at radius 3 is 3.17 bits per heavy atom. The molecule has 3 aromatic rings. The van der Waals surface area contributed by atoms with Crippen molar-refractivity contribution in [3.8, 4) is 11.5 Å². The summed E-state index contributed by atoms with van der Waals surface area (Å²) in [5.41, 5.74) is 2.06. The van der Waals surface area contributed by atoms with Gasteiger partial charge in [-0.2, -0.15) is 16.4 Å². The van der Waals surface area contributed by atoms with E-state index in [2.05, 4.69) is 20.4 Å². The van der Waals surface area contributed by atoms with Crippen LogP contribution in [0.15, 0.2) is 39.7 Å². The molecule has 0 radical (unpaired) electrons. The number of oxazole rings is 1. The van der Waals surface area contributed by atoms with E-state index in [9.17, 15) is 0 Å². The zero-order valence-electron chi connectivity index (χ0n) is 13.6. The van der Waals surface area contributed by atoms with Crippen LogP contribution in [0.1, 0.15) is 11.5 Å². The first kappa shape index (κ1) is 15.6. The highest BCUT2D eigenvalue weighted by molar-refractivity contribution is 7.08. The SMILES string of the molecule is Cc1oc(-c2ccsc2)nc1CN1CCO[C@H](Cn2cccn2)C1. The van der Waals surface area contributed by atoms with Gasteiger partial charge in [-0.25, -0.2) is 4.98 Å². The van der Waals surface area contributed by atoms with E-state index in [0.29, 0.717) is 5.89 Å². The number of ether oxygens (including phenoxy) is 1. The third-order valence-electron chi connectivity index (χ3n) is 4.21. The molecule has 3 aromatic heterocycles. The van der Waals surface area contributed by atoms with E-state index in [0.717, 1.165) is 49.8 Å². The van der Waals surface area contributed by atoms with Crippen molar-refractivity contribution in [3.63, 3.8) is 0 Å². The molecule has 0 bridgehead atoms. The second kappa shape index (κ2) is 6.88. The van der Waals surface area contributed by atoms with E-state index < -0.39 is 0 Å². The Bertz CT molecular complexity index is 767. The number of hydrogen-bond donors (Lipinski definition) is 0. The fourth-order valence-corrected chi connectivity index (χ4v) is 3.58. The monoisotopic (exact) mass is 344 g/mol. The Kier molecular flexibility index (Phi) is 4.46. The highest BCUT2D eigenvalue weighted by Crippen LogP contribution is 2.24. The Morgan fingerprint density at radius 2 is 2.38 bits per heavy atom. The molecule has 0 aromatic carbocycles. The number of hydrogen-bond acceptors (Lipinski definition) is 6. The van der Waals surface area contributed by atoms with Crippen LogP contribution in [0.4, 0.5) is 0 Å². The van der Waals surface area contributed by atoms with E-state index in [4.69, 9.17) is 9.15 Å². The van der Waals surface area contributed by atoms with Gasteiger partial charge >= 0.3 is 0 Å². The van der Waals surface area contributed by atoms with Gasteiger partial charge in [0.1, 0.15) is 5.76 Å². The average Bonchev–Trinajstić information content (AvgIpc) is 3.31. The molecule has 0 saturated carbocycles. The summed E-state index contributed by atoms with van der Waals surface area (Å²) >= 11 is 1.65. The van der Waals surface area contributed by atoms with Crippen molar-refractivity contribution in [3.05, 3.63) is 46.7 Å². The minimum Gasteiger partial charge on any atom is -0.441 e. The smallest absolute Gasteiger partial charge is 0.227 e. The fraction of sp³-hybridized carbons (Fsp3) is 0.412. The summed E-state index contributed by atoms with van der Waals surface area (Å²) in [6.45, 7) is 6.08. The summed E-state index contributed by atoms with van der Waals surface area (Å²) in [5.74, 6) is 1.61. The lowest BCUT2D eigenvalue weighted by Crippen LogP contribution is -2.43. The first-order chi connectivity index (χ1) is 11.8. The van der Waals surface area contributed by atoms with Crippen LogP contribution in [-0.2, 0) is 17.8 Å². The predicted molar refractivity (Wildman–Crippen MR) is 91.8 cm³/mol. The van der Waals surface area contributed by atoms with Crippen LogP contribution in [0.3, 0.4) is 0 Å². The van der Waals surface area contributed by atoms with Crippen LogP contribution >= 0.6 is 11.3 Å². The molecule has 0 spiro atoms. The summed E-state index contributed by atoms with van der Waals surface area (Å²) in [6, 6.07) is 3.97. The van der Waals surface area contributed by atoms with E-state index >= 15 is 0 Å². The molecule has 7 heteroatoms. The number of thiophene rings is 1. The maximum atomic E-state index is 5.87. The lowest BCUT2D eigenvalue weighted by atomic mass is 10.2. The molecule has 1 aliphatic heterocycles. The van der Waals surface area contributed by atoms with E-state index in [1.54, 1.807) is 17.5 Å². The lowest BCUT2D eigenvalue weighted by molar-refractivity contribution is -0.0406. The van der Waals surface area contributed by atoms with Gasteiger partial charge in [-0.1, -0.05) is 0 Å². The predicted octanol–water partition coefficient (Wildman–Crippen LogP) is 2.81. The van der Waals surface area contributed by atoms with Gasteiger partial charge in [0, 0.05) is 43.0 Å². The summed E-state index contributed by atoms with van der Waals surface area (Å²) in [5, 5.41) is 8.35. The van der Waals surface area contributed by atoms with Gasteiger partial charge in [0.25, 0.3) is 0 Å². The normalized spacial score (nSPS) is 19.0. The summed E-state index contributed by atoms with van der Waals surface area (Å²) in [7, 11) is 0. The highest BCUT2D eigenvalue weighted by Gasteiger charge is 2.23. The van der Waals surface area contributed by atoms with Crippen molar-refractivity contribution >= 4 is 11.3 Å². The van der Waals surface area contributed by atoms with Gasteiger partial charge in [-0.15, -0.1) is 0 Å². The van der Waals surface area contributed by atoms with Crippen molar-refractivity contribution in [1.29, 1.82) is 0 Å². The van der Waals surface area contributed by atoms with Crippen LogP contribution < -0.4 is 0 Å². The van der Waals surface area contributed by atoms with Crippen LogP contribution in [0.25, 0.3) is 11.5 Å². The molecule has 126 valence electrons. The number of aromatic nitrogens is 3. The molecule has 1 fully saturated rings. The quantitative estimate of drug-likeness (QED) is 0.712. The molecule has 1 aliphatic rings. The Balaban J connectivity index is 1.41. The van der Waals surface area contributed by atoms with Gasteiger partial charge in [0.05, 0.1) is 24.9 Å². The number of aryl methyl sites for hydroxylation is 1. The van der Waals surface area contributed by atoms with Crippen LogP contribution in [0.5, 0.6) is 0 Å². The zero-order valence-corrected chi connectivity index (χ0v) is 14.4. The summed E-state index contributed by atoms with van der Waals surface area (Å²) in [6.07, 6.45) is 3.92. The minimum absolute atomic E-state index is 0.155. The maximum Gasteiger partial charge on any atom is 0.227 e. The number of rotatable bonds is 5. The second-order valence-corrected chi connectivity index (χ2v) is 6.77. The minimum atomic E-state index is 0.155. The third kappa shape index (κ3) is 3.43. The molecule has 1 atom stereocenters. The van der Waals surface area contributed by atoms with Crippen molar-refractivity contribution in [2.24, 2.45) is 0 Å². The van der Waals surface area contributed by atoms with Crippen molar-refractivity contribution < 1.29 is 9.15 Å².